The highest BCUT2D eigenvalue weighted by Crippen LogP contribution is 2.21. The van der Waals surface area contributed by atoms with Crippen molar-refractivity contribution in [2.24, 2.45) is 11.7 Å². The van der Waals surface area contributed by atoms with Crippen LogP contribution in [0.25, 0.3) is 0 Å². The van der Waals surface area contributed by atoms with E-state index in [0.29, 0.717) is 11.6 Å². The summed E-state index contributed by atoms with van der Waals surface area (Å²) in [5.41, 5.74) is 6.55. The monoisotopic (exact) mass is 316 g/mol. The van der Waals surface area contributed by atoms with Gasteiger partial charge in [0, 0.05) is 31.4 Å². The highest BCUT2D eigenvalue weighted by molar-refractivity contribution is 5.94. The van der Waals surface area contributed by atoms with Gasteiger partial charge >= 0.3 is 0 Å². The van der Waals surface area contributed by atoms with Crippen molar-refractivity contribution in [3.8, 4) is 0 Å². The lowest BCUT2D eigenvalue weighted by Crippen LogP contribution is -2.40. The lowest BCUT2D eigenvalue weighted by Gasteiger charge is -2.31. The fourth-order valence-corrected chi connectivity index (χ4v) is 3.48. The Morgan fingerprint density at radius 3 is 2.48 bits per heavy atom. The van der Waals surface area contributed by atoms with Gasteiger partial charge in [-0.15, -0.1) is 0 Å². The zero-order valence-corrected chi connectivity index (χ0v) is 14.0. The smallest absolute Gasteiger partial charge is 0.253 e. The third-order valence-electron chi connectivity index (χ3n) is 5.22. The van der Waals surface area contributed by atoms with Crippen molar-refractivity contribution in [2.45, 2.75) is 57.5 Å². The van der Waals surface area contributed by atoms with E-state index >= 15 is 0 Å². The van der Waals surface area contributed by atoms with Crippen LogP contribution in [0.3, 0.4) is 0 Å². The molecule has 1 amide bonds. The van der Waals surface area contributed by atoms with Crippen LogP contribution in [-0.2, 0) is 0 Å². The second kappa shape index (κ2) is 7.30. The molecule has 1 saturated carbocycles. The van der Waals surface area contributed by atoms with E-state index in [1.807, 2.05) is 12.1 Å². The van der Waals surface area contributed by atoms with Gasteiger partial charge in [-0.3, -0.25) is 4.79 Å². The van der Waals surface area contributed by atoms with Gasteiger partial charge in [0.15, 0.2) is 0 Å². The van der Waals surface area contributed by atoms with E-state index in [9.17, 15) is 4.79 Å². The summed E-state index contributed by atoms with van der Waals surface area (Å²) in [6.07, 6.45) is 8.08. The summed E-state index contributed by atoms with van der Waals surface area (Å²) in [6.45, 7) is 4.42. The summed E-state index contributed by atoms with van der Waals surface area (Å²) in [5.74, 6) is 1.77. The molecule has 2 aliphatic rings. The predicted octanol–water partition coefficient (Wildman–Crippen LogP) is 2.32. The molecule has 0 aromatic carbocycles. The van der Waals surface area contributed by atoms with E-state index in [1.165, 1.54) is 12.8 Å². The van der Waals surface area contributed by atoms with Crippen LogP contribution in [0, 0.1) is 5.92 Å². The van der Waals surface area contributed by atoms with Gasteiger partial charge in [0.05, 0.1) is 5.56 Å². The molecule has 3 rings (SSSR count). The molecule has 2 heterocycles. The highest BCUT2D eigenvalue weighted by Gasteiger charge is 2.21. The molecule has 1 saturated heterocycles. The second-order valence-electron chi connectivity index (χ2n) is 7.16. The molecule has 3 N–H and O–H groups in total. The number of rotatable bonds is 3. The quantitative estimate of drug-likeness (QED) is 0.898. The molecular weight excluding hydrogens is 288 g/mol. The summed E-state index contributed by atoms with van der Waals surface area (Å²) in [5, 5.41) is 3.11. The minimum atomic E-state index is -0.0169. The first-order valence-electron chi connectivity index (χ1n) is 8.89. The Hall–Kier alpha value is -1.62. The van der Waals surface area contributed by atoms with Crippen molar-refractivity contribution >= 4 is 11.7 Å². The molecule has 0 radical (unpaired) electrons. The van der Waals surface area contributed by atoms with Crippen LogP contribution in [0.1, 0.15) is 55.8 Å². The maximum absolute atomic E-state index is 12.3. The molecule has 1 aliphatic heterocycles. The van der Waals surface area contributed by atoms with Crippen molar-refractivity contribution in [1.29, 1.82) is 0 Å². The summed E-state index contributed by atoms with van der Waals surface area (Å²) in [4.78, 5) is 19.1. The van der Waals surface area contributed by atoms with Gasteiger partial charge in [0.1, 0.15) is 5.82 Å². The Bertz CT molecular complexity index is 514. The van der Waals surface area contributed by atoms with Gasteiger partial charge in [-0.1, -0.05) is 6.92 Å². The van der Waals surface area contributed by atoms with Gasteiger partial charge in [-0.25, -0.2) is 4.98 Å². The number of piperidine rings is 1. The molecule has 0 bridgehead atoms. The van der Waals surface area contributed by atoms with Crippen molar-refractivity contribution in [1.82, 2.24) is 10.3 Å². The van der Waals surface area contributed by atoms with E-state index in [2.05, 4.69) is 22.1 Å². The number of nitrogens with two attached hydrogens (primary N) is 1. The van der Waals surface area contributed by atoms with Gasteiger partial charge in [-0.05, 0) is 56.6 Å². The summed E-state index contributed by atoms with van der Waals surface area (Å²) in [7, 11) is 0. The molecule has 0 unspecified atom stereocenters. The zero-order valence-electron chi connectivity index (χ0n) is 14.0. The number of carbonyl (C=O) groups excluding carboxylic acids is 1. The van der Waals surface area contributed by atoms with Crippen LogP contribution in [-0.4, -0.2) is 36.1 Å². The summed E-state index contributed by atoms with van der Waals surface area (Å²) < 4.78 is 0. The number of hydrogen-bond acceptors (Lipinski definition) is 4. The molecule has 23 heavy (non-hydrogen) atoms. The number of amides is 1. The Balaban J connectivity index is 1.55. The topological polar surface area (TPSA) is 71.2 Å². The maximum atomic E-state index is 12.3. The minimum Gasteiger partial charge on any atom is -0.357 e. The maximum Gasteiger partial charge on any atom is 0.253 e. The Labute approximate surface area is 138 Å². The average molecular weight is 316 g/mol. The highest BCUT2D eigenvalue weighted by atomic mass is 16.1. The third-order valence-corrected chi connectivity index (χ3v) is 5.22. The van der Waals surface area contributed by atoms with Crippen LogP contribution in [0.2, 0.25) is 0 Å². The first-order valence-corrected chi connectivity index (χ1v) is 8.89. The molecule has 1 aromatic rings. The molecule has 5 nitrogen and oxygen atoms in total. The number of anilines is 1. The molecular formula is C18H28N4O. The lowest BCUT2D eigenvalue weighted by atomic mass is 9.91. The summed E-state index contributed by atoms with van der Waals surface area (Å²) >= 11 is 0. The SMILES string of the molecule is CC1CCN(c2ccc(C(=O)NC3CCC(N)CC3)cn2)CC1. The molecule has 0 spiro atoms. The molecule has 1 aromatic heterocycles. The van der Waals surface area contributed by atoms with E-state index in [-0.39, 0.29) is 11.9 Å². The molecule has 126 valence electrons. The van der Waals surface area contributed by atoms with Gasteiger partial charge in [-0.2, -0.15) is 0 Å². The molecule has 1 aliphatic carbocycles. The molecule has 2 fully saturated rings. The van der Waals surface area contributed by atoms with Crippen molar-refractivity contribution in [3.05, 3.63) is 23.9 Å². The third kappa shape index (κ3) is 4.22. The first-order chi connectivity index (χ1) is 11.1. The number of carbonyl (C=O) groups is 1. The Kier molecular flexibility index (Phi) is 5.16. The molecule has 5 heteroatoms. The van der Waals surface area contributed by atoms with Crippen molar-refractivity contribution in [3.63, 3.8) is 0 Å². The van der Waals surface area contributed by atoms with E-state index < -0.39 is 0 Å². The van der Waals surface area contributed by atoms with Crippen LogP contribution in [0.5, 0.6) is 0 Å². The van der Waals surface area contributed by atoms with Crippen LogP contribution < -0.4 is 16.0 Å². The fourth-order valence-electron chi connectivity index (χ4n) is 3.48. The van der Waals surface area contributed by atoms with Crippen LogP contribution in [0.4, 0.5) is 5.82 Å². The number of hydrogen-bond donors (Lipinski definition) is 2. The van der Waals surface area contributed by atoms with Crippen LogP contribution in [0.15, 0.2) is 18.3 Å². The fraction of sp³-hybridized carbons (Fsp3) is 0.667. The predicted molar refractivity (Wildman–Crippen MR) is 92.5 cm³/mol. The minimum absolute atomic E-state index is 0.0169. The van der Waals surface area contributed by atoms with Gasteiger partial charge in [0.2, 0.25) is 0 Å². The number of nitrogens with one attached hydrogen (secondary N) is 1. The summed E-state index contributed by atoms with van der Waals surface area (Å²) in [6, 6.07) is 4.42. The largest absolute Gasteiger partial charge is 0.357 e. The van der Waals surface area contributed by atoms with Crippen molar-refractivity contribution in [2.75, 3.05) is 18.0 Å². The van der Waals surface area contributed by atoms with Gasteiger partial charge in [0.25, 0.3) is 5.91 Å². The molecule has 0 atom stereocenters. The first kappa shape index (κ1) is 16.2. The number of nitrogens with zero attached hydrogens (tertiary/aromatic N) is 2. The number of pyridine rings is 1. The standard InChI is InChI=1S/C18H28N4O/c1-13-8-10-22(11-9-13)17-7-2-14(12-20-17)18(23)21-16-5-3-15(19)4-6-16/h2,7,12-13,15-16H,3-6,8-11,19H2,1H3,(H,21,23). The lowest BCUT2D eigenvalue weighted by molar-refractivity contribution is 0.0925. The second-order valence-corrected chi connectivity index (χ2v) is 7.16. The van der Waals surface area contributed by atoms with E-state index in [1.54, 1.807) is 6.20 Å². The number of aromatic nitrogens is 1. The average Bonchev–Trinajstić information content (AvgIpc) is 2.58. The Morgan fingerprint density at radius 1 is 1.17 bits per heavy atom. The normalized spacial score (nSPS) is 26.1. The van der Waals surface area contributed by atoms with Gasteiger partial charge < -0.3 is 16.0 Å². The van der Waals surface area contributed by atoms with E-state index in [4.69, 9.17) is 5.73 Å². The Morgan fingerprint density at radius 2 is 1.87 bits per heavy atom. The van der Waals surface area contributed by atoms with E-state index in [0.717, 1.165) is 50.5 Å². The van der Waals surface area contributed by atoms with Crippen LogP contribution >= 0.6 is 0 Å². The zero-order chi connectivity index (χ0) is 16.2. The van der Waals surface area contributed by atoms with Crippen molar-refractivity contribution < 1.29 is 4.79 Å².